The number of nitrogens with zero attached hydrogens (tertiary/aromatic N) is 4. The number of hydrogen-bond donors (Lipinski definition) is 2. The van der Waals surface area contributed by atoms with Crippen molar-refractivity contribution in [1.29, 1.82) is 10.8 Å². The summed E-state index contributed by atoms with van der Waals surface area (Å²) in [5.74, 6) is 1.09. The topological polar surface area (TPSA) is 99.3 Å². The summed E-state index contributed by atoms with van der Waals surface area (Å²) in [5.41, 5.74) is 19.4. The average molecular weight is 867 g/mol. The molecule has 8 heteroatoms. The van der Waals surface area contributed by atoms with Crippen LogP contribution < -0.4 is 0 Å². The molecule has 0 radical (unpaired) electrons. The molecule has 8 aromatic rings. The molecule has 0 amide bonds. The molecule has 0 bridgehead atoms. The maximum Gasteiger partial charge on any atom is 0.113 e. The molecule has 0 fully saturated rings. The van der Waals surface area contributed by atoms with Crippen molar-refractivity contribution in [3.8, 4) is 33.6 Å². The quantitative estimate of drug-likeness (QED) is 0.0896. The molecule has 11 rings (SSSR count). The highest BCUT2D eigenvalue weighted by atomic mass is 32.2. The summed E-state index contributed by atoms with van der Waals surface area (Å²) in [5, 5.41) is 20.8. The van der Waals surface area contributed by atoms with E-state index in [9.17, 15) is 0 Å². The van der Waals surface area contributed by atoms with E-state index < -0.39 is 0 Å². The Hall–Kier alpha value is -6.48. The van der Waals surface area contributed by atoms with Crippen molar-refractivity contribution in [2.24, 2.45) is 0 Å². The molecule has 0 saturated carbocycles. The van der Waals surface area contributed by atoms with Gasteiger partial charge in [0.15, 0.2) is 0 Å². The number of thioether (sulfide) groups is 2. The molecule has 0 aliphatic heterocycles. The Morgan fingerprint density at radius 2 is 1.06 bits per heavy atom. The van der Waals surface area contributed by atoms with Gasteiger partial charge in [0.2, 0.25) is 0 Å². The number of hydrogen-bond acceptors (Lipinski definition) is 8. The molecule has 0 saturated heterocycles. The van der Waals surface area contributed by atoms with Crippen molar-refractivity contribution < 1.29 is 0 Å². The number of allylic oxidation sites excluding steroid dienone is 4. The van der Waals surface area contributed by atoms with Gasteiger partial charge in [-0.2, -0.15) is 0 Å². The van der Waals surface area contributed by atoms with Gasteiger partial charge < -0.3 is 0 Å². The van der Waals surface area contributed by atoms with Crippen LogP contribution in [-0.2, 0) is 22.3 Å². The van der Waals surface area contributed by atoms with E-state index in [1.165, 1.54) is 68.1 Å². The zero-order valence-corrected chi connectivity index (χ0v) is 37.9. The van der Waals surface area contributed by atoms with Gasteiger partial charge in [-0.1, -0.05) is 148 Å². The van der Waals surface area contributed by atoms with Crippen LogP contribution in [0.5, 0.6) is 0 Å². The highest BCUT2D eigenvalue weighted by molar-refractivity contribution is 8.13. The Balaban J connectivity index is 0.782. The van der Waals surface area contributed by atoms with Gasteiger partial charge in [0.05, 0.1) is 45.2 Å². The second-order valence-corrected chi connectivity index (χ2v) is 20.0. The average Bonchev–Trinajstić information content (AvgIpc) is 3.71. The smallest absolute Gasteiger partial charge is 0.113 e. The molecule has 4 heterocycles. The largest absolute Gasteiger partial charge is 0.292 e. The molecule has 4 aromatic carbocycles. The summed E-state index contributed by atoms with van der Waals surface area (Å²) in [7, 11) is 0. The van der Waals surface area contributed by atoms with Crippen molar-refractivity contribution in [2.45, 2.75) is 62.9 Å². The summed E-state index contributed by atoms with van der Waals surface area (Å²) >= 11 is 2.85. The van der Waals surface area contributed by atoms with E-state index in [2.05, 4.69) is 125 Å². The van der Waals surface area contributed by atoms with Gasteiger partial charge in [0.1, 0.15) is 10.1 Å². The predicted octanol–water partition coefficient (Wildman–Crippen LogP) is 14.1. The fourth-order valence-corrected chi connectivity index (χ4v) is 11.4. The predicted molar refractivity (Wildman–Crippen MR) is 269 cm³/mol. The van der Waals surface area contributed by atoms with Gasteiger partial charge in [-0.15, -0.1) is 0 Å². The highest BCUT2D eigenvalue weighted by Crippen LogP contribution is 2.51. The molecule has 64 heavy (non-hydrogen) atoms. The van der Waals surface area contributed by atoms with Crippen LogP contribution in [0, 0.1) is 10.8 Å². The van der Waals surface area contributed by atoms with E-state index in [4.69, 9.17) is 30.8 Å². The molecule has 2 N–H and O–H groups in total. The van der Waals surface area contributed by atoms with Crippen LogP contribution in [0.3, 0.4) is 0 Å². The lowest BCUT2D eigenvalue weighted by molar-refractivity contribution is 0.651. The number of rotatable bonds is 8. The first-order chi connectivity index (χ1) is 31.0. The molecule has 312 valence electrons. The molecule has 0 atom stereocenters. The van der Waals surface area contributed by atoms with Crippen molar-refractivity contribution in [3.63, 3.8) is 0 Å². The molecular formula is C56H46N6S2. The molecular weight excluding hydrogens is 821 g/mol. The van der Waals surface area contributed by atoms with Gasteiger partial charge in [0.25, 0.3) is 0 Å². The van der Waals surface area contributed by atoms with Crippen LogP contribution in [-0.4, -0.2) is 30.0 Å². The first kappa shape index (κ1) is 40.3. The van der Waals surface area contributed by atoms with Gasteiger partial charge in [-0.3, -0.25) is 20.8 Å². The Kier molecular flexibility index (Phi) is 9.85. The first-order valence-corrected chi connectivity index (χ1v) is 23.9. The second kappa shape index (κ2) is 15.6. The van der Waals surface area contributed by atoms with Crippen LogP contribution in [0.25, 0.3) is 61.0 Å². The first-order valence-electron chi connectivity index (χ1n) is 21.9. The van der Waals surface area contributed by atoms with Gasteiger partial charge in [-0.05, 0) is 106 Å². The standard InChI is InChI=1S/C56H46N6S2/c1-55(2)43-15-7-5-13-39(43)41-25-21-35(29-45(41)55)47-17-9-11-37(59-47)31-63-53(57)49-27-23-33-19-20-34-24-28-50(62-52(34)51(33)61-49)54(58)64-32-38-12-10-18-48(60-38)36-22-26-42-40-14-6-8-16-44(40)56(3,4)46(42)30-36/h5,7-13,15-30,57-58H,6,14,31-32H2,1-4H3. The van der Waals surface area contributed by atoms with Crippen LogP contribution in [0.15, 0.2) is 151 Å². The maximum atomic E-state index is 9.08. The van der Waals surface area contributed by atoms with Crippen LogP contribution >= 0.6 is 23.5 Å². The summed E-state index contributed by atoms with van der Waals surface area (Å²) in [6.45, 7) is 9.26. The van der Waals surface area contributed by atoms with Crippen molar-refractivity contribution in [1.82, 2.24) is 19.9 Å². The molecule has 3 aliphatic carbocycles. The molecule has 0 spiro atoms. The molecule has 3 aliphatic rings. The minimum absolute atomic E-state index is 0.0297. The van der Waals surface area contributed by atoms with E-state index in [-0.39, 0.29) is 10.8 Å². The SMILES string of the molecule is CC1(C)C2=C(CCC=C2)c2ccc(-c3cccc(CSC(=N)c4ccc5ccc6ccc(C(=N)SCc7cccc(-c8ccc9c(c8)C(C)(C)c8ccccc8-9)n7)nc6c5n4)n3)cc21. The highest BCUT2D eigenvalue weighted by Gasteiger charge is 2.37. The third-order valence-electron chi connectivity index (χ3n) is 13.4. The number of benzene rings is 4. The minimum Gasteiger partial charge on any atom is -0.292 e. The fraction of sp³-hybridized carbons (Fsp3) is 0.179. The lowest BCUT2D eigenvalue weighted by Crippen LogP contribution is -2.16. The van der Waals surface area contributed by atoms with Crippen molar-refractivity contribution in [2.75, 3.05) is 0 Å². The summed E-state index contributed by atoms with van der Waals surface area (Å²) < 4.78 is 0. The summed E-state index contributed by atoms with van der Waals surface area (Å²) in [6.07, 6.45) is 6.83. The zero-order chi connectivity index (χ0) is 43.7. The minimum atomic E-state index is -0.0798. The normalized spacial score (nSPS) is 15.2. The lowest BCUT2D eigenvalue weighted by atomic mass is 9.79. The lowest BCUT2D eigenvalue weighted by Gasteiger charge is -2.24. The van der Waals surface area contributed by atoms with E-state index in [1.54, 1.807) is 0 Å². The zero-order valence-electron chi connectivity index (χ0n) is 36.3. The van der Waals surface area contributed by atoms with Crippen molar-refractivity contribution in [3.05, 3.63) is 196 Å². The second-order valence-electron chi connectivity index (χ2n) is 18.0. The van der Waals surface area contributed by atoms with Crippen molar-refractivity contribution >= 4 is 61.0 Å². The summed E-state index contributed by atoms with van der Waals surface area (Å²) in [6, 6.07) is 46.5. The summed E-state index contributed by atoms with van der Waals surface area (Å²) in [4.78, 5) is 20.1. The van der Waals surface area contributed by atoms with Crippen LogP contribution in [0.4, 0.5) is 0 Å². The molecule has 4 aromatic heterocycles. The Bertz CT molecular complexity index is 3340. The Morgan fingerprint density at radius 3 is 1.67 bits per heavy atom. The van der Waals surface area contributed by atoms with Gasteiger partial charge >= 0.3 is 0 Å². The third-order valence-corrected chi connectivity index (χ3v) is 15.2. The van der Waals surface area contributed by atoms with E-state index in [0.29, 0.717) is 33.0 Å². The van der Waals surface area contributed by atoms with Gasteiger partial charge in [0, 0.05) is 44.2 Å². The Labute approximate surface area is 382 Å². The van der Waals surface area contributed by atoms with E-state index in [1.807, 2.05) is 48.5 Å². The van der Waals surface area contributed by atoms with Crippen LogP contribution in [0.2, 0.25) is 0 Å². The molecule has 0 unspecified atom stereocenters. The maximum absolute atomic E-state index is 9.08. The number of nitrogens with one attached hydrogen (secondary N) is 2. The number of aromatic nitrogens is 4. The number of fused-ring (bicyclic) bond motifs is 8. The monoisotopic (exact) mass is 866 g/mol. The fourth-order valence-electron chi connectivity index (χ4n) is 9.92. The van der Waals surface area contributed by atoms with E-state index in [0.717, 1.165) is 68.6 Å². The van der Waals surface area contributed by atoms with Crippen LogP contribution in [0.1, 0.15) is 85.6 Å². The molecule has 6 nitrogen and oxygen atoms in total. The number of pyridine rings is 4. The Morgan fingerprint density at radius 1 is 0.531 bits per heavy atom. The third kappa shape index (κ3) is 6.91. The van der Waals surface area contributed by atoms with E-state index >= 15 is 0 Å². The van der Waals surface area contributed by atoms with Gasteiger partial charge in [-0.25, -0.2) is 9.97 Å².